The van der Waals surface area contributed by atoms with E-state index in [4.69, 9.17) is 0 Å². The summed E-state index contributed by atoms with van der Waals surface area (Å²) in [6.45, 7) is 8.75. The molecule has 1 aliphatic rings. The van der Waals surface area contributed by atoms with Crippen LogP contribution in [0, 0.1) is 0 Å². The number of anilines is 1. The van der Waals surface area contributed by atoms with Gasteiger partial charge in [-0.2, -0.15) is 0 Å². The van der Waals surface area contributed by atoms with Gasteiger partial charge in [-0.05, 0) is 31.3 Å². The fourth-order valence-electron chi connectivity index (χ4n) is 2.16. The smallest absolute Gasteiger partial charge is 0.0367 e. The molecule has 0 aromatic heterocycles. The van der Waals surface area contributed by atoms with Crippen LogP contribution >= 0.6 is 0 Å². The zero-order valence-corrected chi connectivity index (χ0v) is 14.6. The Kier molecular flexibility index (Phi) is 9.98. The van der Waals surface area contributed by atoms with E-state index in [1.54, 1.807) is 0 Å². The number of likely N-dealkylation sites (N-methyl/N-ethyl adjacent to an activating group) is 1. The molecule has 0 amide bonds. The van der Waals surface area contributed by atoms with Crippen LogP contribution in [0.15, 0.2) is 24.3 Å². The van der Waals surface area contributed by atoms with Crippen LogP contribution in [-0.4, -0.2) is 44.7 Å². The molecule has 1 heterocycles. The Bertz CT molecular complexity index is 341. The van der Waals surface area contributed by atoms with Crippen LogP contribution in [0.5, 0.6) is 0 Å². The SMILES string of the molecule is CCNCc1ccc(N2CCN(C)CC2)cc1.[HH].[V].[V]. The van der Waals surface area contributed by atoms with Crippen molar-refractivity contribution in [2.75, 3.05) is 44.7 Å². The molecule has 2 rings (SSSR count). The normalized spacial score (nSPS) is 15.6. The van der Waals surface area contributed by atoms with Gasteiger partial charge in [-0.25, -0.2) is 0 Å². The van der Waals surface area contributed by atoms with Crippen LogP contribution < -0.4 is 10.2 Å². The average Bonchev–Trinajstić information content (AvgIpc) is 2.38. The molecule has 0 unspecified atom stereocenters. The van der Waals surface area contributed by atoms with Crippen molar-refractivity contribution >= 4 is 5.69 Å². The van der Waals surface area contributed by atoms with Gasteiger partial charge in [0.1, 0.15) is 0 Å². The van der Waals surface area contributed by atoms with Gasteiger partial charge >= 0.3 is 0 Å². The third kappa shape index (κ3) is 5.95. The van der Waals surface area contributed by atoms with Gasteiger partial charge in [0.25, 0.3) is 0 Å². The first-order valence-corrected chi connectivity index (χ1v) is 6.52. The van der Waals surface area contributed by atoms with Crippen LogP contribution in [0.25, 0.3) is 0 Å². The summed E-state index contributed by atoms with van der Waals surface area (Å²) in [6.07, 6.45) is 0. The summed E-state index contributed by atoms with van der Waals surface area (Å²) in [5, 5.41) is 3.35. The molecule has 0 saturated carbocycles. The van der Waals surface area contributed by atoms with E-state index in [2.05, 4.69) is 53.4 Å². The molecule has 19 heavy (non-hydrogen) atoms. The Labute approximate surface area is 142 Å². The topological polar surface area (TPSA) is 18.5 Å². The molecule has 5 heteroatoms. The van der Waals surface area contributed by atoms with Crippen LogP contribution in [0.4, 0.5) is 5.69 Å². The van der Waals surface area contributed by atoms with Crippen molar-refractivity contribution in [1.82, 2.24) is 10.2 Å². The summed E-state index contributed by atoms with van der Waals surface area (Å²) in [6, 6.07) is 8.96. The zero-order chi connectivity index (χ0) is 12.1. The molecule has 1 saturated heterocycles. The molecule has 0 spiro atoms. The van der Waals surface area contributed by atoms with E-state index < -0.39 is 0 Å². The van der Waals surface area contributed by atoms with E-state index in [9.17, 15) is 0 Å². The predicted molar refractivity (Wildman–Crippen MR) is 75.6 cm³/mol. The molecule has 106 valence electrons. The molecule has 0 atom stereocenters. The number of hydrogen-bond donors (Lipinski definition) is 1. The summed E-state index contributed by atoms with van der Waals surface area (Å²) in [5.74, 6) is 0. The minimum atomic E-state index is 0. The molecule has 1 aromatic rings. The van der Waals surface area contributed by atoms with E-state index in [0.717, 1.165) is 26.2 Å². The number of rotatable bonds is 4. The average molecular weight is 337 g/mol. The summed E-state index contributed by atoms with van der Waals surface area (Å²) in [4.78, 5) is 4.85. The van der Waals surface area contributed by atoms with Crippen molar-refractivity contribution in [2.45, 2.75) is 13.5 Å². The Balaban J connectivity index is 0. The standard InChI is InChI=1S/C14H23N3.2V.H2/c1-3-15-12-13-4-6-14(7-5-13)17-10-8-16(2)9-11-17;;;/h4-7,15H,3,8-12H2,1-2H3;;;1H. The van der Waals surface area contributed by atoms with Crippen molar-refractivity contribution < 1.29 is 38.5 Å². The Morgan fingerprint density at radius 1 is 1.05 bits per heavy atom. The zero-order valence-electron chi connectivity index (χ0n) is 11.8. The Morgan fingerprint density at radius 2 is 1.63 bits per heavy atom. The molecule has 2 radical (unpaired) electrons. The Morgan fingerprint density at radius 3 is 2.16 bits per heavy atom. The predicted octanol–water partition coefficient (Wildman–Crippen LogP) is 1.79. The van der Waals surface area contributed by atoms with Gasteiger partial charge in [0, 0.05) is 76.9 Å². The maximum Gasteiger partial charge on any atom is 0.0367 e. The van der Waals surface area contributed by atoms with Crippen molar-refractivity contribution in [3.05, 3.63) is 29.8 Å². The molecule has 1 aromatic carbocycles. The van der Waals surface area contributed by atoms with Crippen molar-refractivity contribution in [3.8, 4) is 0 Å². The maximum atomic E-state index is 3.35. The molecule has 0 bridgehead atoms. The molecular formula is C14H25N3V2. The number of benzene rings is 1. The maximum absolute atomic E-state index is 3.35. The van der Waals surface area contributed by atoms with E-state index in [1.807, 2.05) is 0 Å². The quantitative estimate of drug-likeness (QED) is 0.904. The third-order valence-electron chi connectivity index (χ3n) is 3.38. The molecule has 1 N–H and O–H groups in total. The first-order chi connectivity index (χ1) is 8.29. The second-order valence-corrected chi connectivity index (χ2v) is 4.74. The molecule has 1 aliphatic heterocycles. The number of hydrogen-bond acceptors (Lipinski definition) is 3. The van der Waals surface area contributed by atoms with E-state index in [1.165, 1.54) is 24.3 Å². The van der Waals surface area contributed by atoms with Crippen molar-refractivity contribution in [1.29, 1.82) is 0 Å². The van der Waals surface area contributed by atoms with Crippen LogP contribution in [0.3, 0.4) is 0 Å². The van der Waals surface area contributed by atoms with Gasteiger partial charge in [-0.3, -0.25) is 0 Å². The number of piperazine rings is 1. The second kappa shape index (κ2) is 9.93. The van der Waals surface area contributed by atoms with Gasteiger partial charge in [0.15, 0.2) is 0 Å². The van der Waals surface area contributed by atoms with Gasteiger partial charge in [0.05, 0.1) is 0 Å². The largest absolute Gasteiger partial charge is 0.369 e. The van der Waals surface area contributed by atoms with Gasteiger partial charge in [0.2, 0.25) is 0 Å². The molecule has 0 aliphatic carbocycles. The van der Waals surface area contributed by atoms with Crippen molar-refractivity contribution in [2.24, 2.45) is 0 Å². The van der Waals surface area contributed by atoms with E-state index in [-0.39, 0.29) is 38.5 Å². The monoisotopic (exact) mass is 337 g/mol. The summed E-state index contributed by atoms with van der Waals surface area (Å²) < 4.78 is 0. The van der Waals surface area contributed by atoms with Crippen LogP contribution in [-0.2, 0) is 43.7 Å². The number of nitrogens with one attached hydrogen (secondary N) is 1. The molecule has 1 fully saturated rings. The van der Waals surface area contributed by atoms with Crippen LogP contribution in [0.2, 0.25) is 0 Å². The summed E-state index contributed by atoms with van der Waals surface area (Å²) in [5.41, 5.74) is 2.73. The van der Waals surface area contributed by atoms with E-state index in [0.29, 0.717) is 0 Å². The minimum absolute atomic E-state index is 0. The van der Waals surface area contributed by atoms with Crippen molar-refractivity contribution in [3.63, 3.8) is 0 Å². The number of nitrogens with zero attached hydrogens (tertiary/aromatic N) is 2. The third-order valence-corrected chi connectivity index (χ3v) is 3.38. The molecular weight excluding hydrogens is 312 g/mol. The first-order valence-electron chi connectivity index (χ1n) is 6.52. The summed E-state index contributed by atoms with van der Waals surface area (Å²) >= 11 is 0. The van der Waals surface area contributed by atoms with Gasteiger partial charge in [-0.15, -0.1) is 0 Å². The summed E-state index contributed by atoms with van der Waals surface area (Å²) in [7, 11) is 2.19. The first kappa shape index (κ1) is 19.1. The Hall–Kier alpha value is 0.109. The minimum Gasteiger partial charge on any atom is -0.369 e. The fraction of sp³-hybridized carbons (Fsp3) is 0.571. The fourth-order valence-corrected chi connectivity index (χ4v) is 2.16. The molecule has 3 nitrogen and oxygen atoms in total. The van der Waals surface area contributed by atoms with Gasteiger partial charge < -0.3 is 15.1 Å². The van der Waals surface area contributed by atoms with Crippen LogP contribution in [0.1, 0.15) is 13.9 Å². The van der Waals surface area contributed by atoms with Gasteiger partial charge in [-0.1, -0.05) is 19.1 Å². The second-order valence-electron chi connectivity index (χ2n) is 4.74. The van der Waals surface area contributed by atoms with E-state index >= 15 is 0 Å².